The maximum atomic E-state index is 12.8. The molecule has 0 amide bonds. The molecule has 4 aliphatic carbocycles. The van der Waals surface area contributed by atoms with Gasteiger partial charge in [0.2, 0.25) is 0 Å². The second-order valence-electron chi connectivity index (χ2n) is 14.5. The monoisotopic (exact) mass is 562 g/mol. The molecular formula is C33H58O5Si. The molecule has 0 radical (unpaired) electrons. The first-order chi connectivity index (χ1) is 18.4. The minimum absolute atomic E-state index is 0.0361. The summed E-state index contributed by atoms with van der Waals surface area (Å²) in [4.78, 5) is 24.8. The van der Waals surface area contributed by atoms with Crippen molar-refractivity contribution in [1.82, 2.24) is 0 Å². The van der Waals surface area contributed by atoms with Crippen LogP contribution in [0.3, 0.4) is 0 Å². The van der Waals surface area contributed by atoms with E-state index in [1.54, 1.807) is 0 Å². The van der Waals surface area contributed by atoms with Gasteiger partial charge in [0.05, 0.1) is 13.2 Å². The van der Waals surface area contributed by atoms with Crippen LogP contribution in [0.5, 0.6) is 0 Å². The molecule has 0 aromatic heterocycles. The predicted molar refractivity (Wildman–Crippen MR) is 159 cm³/mol. The molecule has 4 aliphatic rings. The van der Waals surface area contributed by atoms with Gasteiger partial charge in [0.15, 0.2) is 8.32 Å². The molecule has 6 heteroatoms. The summed E-state index contributed by atoms with van der Waals surface area (Å²) in [5.41, 5.74) is 0.123. The lowest BCUT2D eigenvalue weighted by molar-refractivity contribution is -0.224. The third-order valence-corrected chi connectivity index (χ3v) is 17.9. The number of carbonyl (C=O) groups is 2. The molecule has 0 aromatic carbocycles. The largest absolute Gasteiger partial charge is 0.469 e. The van der Waals surface area contributed by atoms with Gasteiger partial charge in [0, 0.05) is 25.4 Å². The van der Waals surface area contributed by atoms with Gasteiger partial charge in [0.25, 0.3) is 0 Å². The van der Waals surface area contributed by atoms with Crippen LogP contribution in [0, 0.1) is 52.3 Å². The second-order valence-corrected chi connectivity index (χ2v) is 19.2. The number of aliphatic hydroxyl groups is 1. The van der Waals surface area contributed by atoms with Crippen LogP contribution >= 0.6 is 0 Å². The number of hydrogen-bond acceptors (Lipinski definition) is 5. The zero-order chi connectivity index (χ0) is 28.8. The molecule has 5 unspecified atom stereocenters. The minimum Gasteiger partial charge on any atom is -0.469 e. The third-order valence-electron chi connectivity index (χ3n) is 13.3. The third kappa shape index (κ3) is 5.22. The lowest BCUT2D eigenvalue weighted by Crippen LogP contribution is -2.67. The van der Waals surface area contributed by atoms with Crippen molar-refractivity contribution < 1.29 is 23.9 Å². The Morgan fingerprint density at radius 3 is 2.33 bits per heavy atom. The highest BCUT2D eigenvalue weighted by atomic mass is 28.4. The van der Waals surface area contributed by atoms with Crippen molar-refractivity contribution in [3.63, 3.8) is 0 Å². The lowest BCUT2D eigenvalue weighted by Gasteiger charge is -2.66. The van der Waals surface area contributed by atoms with Crippen LogP contribution in [-0.2, 0) is 18.8 Å². The SMILES string of the molecule is CC[C@H]1C2CC(=O)CC[C@]2(C)C2C(O[Si](CC)(CC)CC)C[C@@]3(C)C(CC[C@@H]3[C@H](C)CCC(=O)OC)C2[C@@H]1O. The number of aliphatic hydroxyl groups excluding tert-OH is 1. The Labute approximate surface area is 239 Å². The van der Waals surface area contributed by atoms with Gasteiger partial charge in [-0.3, -0.25) is 9.59 Å². The van der Waals surface area contributed by atoms with E-state index in [9.17, 15) is 14.7 Å². The fourth-order valence-electron chi connectivity index (χ4n) is 10.9. The molecule has 0 aliphatic heterocycles. The molecule has 0 saturated heterocycles. The summed E-state index contributed by atoms with van der Waals surface area (Å²) in [6.45, 7) is 16.5. The second kappa shape index (κ2) is 11.9. The van der Waals surface area contributed by atoms with E-state index in [2.05, 4.69) is 48.5 Å². The smallest absolute Gasteiger partial charge is 0.305 e. The summed E-state index contributed by atoms with van der Waals surface area (Å²) in [7, 11) is -0.420. The molecule has 0 heterocycles. The van der Waals surface area contributed by atoms with Crippen molar-refractivity contribution in [1.29, 1.82) is 0 Å². The van der Waals surface area contributed by atoms with Crippen LogP contribution in [0.25, 0.3) is 0 Å². The summed E-state index contributed by atoms with van der Waals surface area (Å²) < 4.78 is 12.5. The predicted octanol–water partition coefficient (Wildman–Crippen LogP) is 7.41. The molecule has 224 valence electrons. The van der Waals surface area contributed by atoms with Crippen molar-refractivity contribution in [3.05, 3.63) is 0 Å². The van der Waals surface area contributed by atoms with E-state index in [4.69, 9.17) is 9.16 Å². The fourth-order valence-corrected chi connectivity index (χ4v) is 13.8. The molecule has 0 aromatic rings. The molecule has 39 heavy (non-hydrogen) atoms. The molecule has 0 bridgehead atoms. The molecule has 5 nitrogen and oxygen atoms in total. The van der Waals surface area contributed by atoms with Crippen molar-refractivity contribution in [3.8, 4) is 0 Å². The van der Waals surface area contributed by atoms with E-state index in [1.165, 1.54) is 13.5 Å². The van der Waals surface area contributed by atoms with E-state index in [1.807, 2.05) is 0 Å². The number of carbonyl (C=O) groups excluding carboxylic acids is 2. The average Bonchev–Trinajstić information content (AvgIpc) is 3.27. The zero-order valence-corrected chi connectivity index (χ0v) is 27.3. The topological polar surface area (TPSA) is 72.8 Å². The first-order valence-electron chi connectivity index (χ1n) is 16.4. The number of Topliss-reactive ketones (excluding diaryl/α,β-unsaturated/α-hetero) is 1. The maximum Gasteiger partial charge on any atom is 0.305 e. The number of ketones is 1. The Bertz CT molecular complexity index is 879. The normalized spacial score (nSPS) is 42.8. The zero-order valence-electron chi connectivity index (χ0n) is 26.3. The van der Waals surface area contributed by atoms with E-state index in [0.717, 1.165) is 50.2 Å². The minimum atomic E-state index is -1.90. The number of esters is 1. The van der Waals surface area contributed by atoms with Gasteiger partial charge >= 0.3 is 5.97 Å². The summed E-state index contributed by atoms with van der Waals surface area (Å²) in [5.74, 6) is 2.67. The number of rotatable bonds is 10. The Morgan fingerprint density at radius 1 is 1.08 bits per heavy atom. The van der Waals surface area contributed by atoms with E-state index < -0.39 is 8.32 Å². The summed E-state index contributed by atoms with van der Waals surface area (Å²) in [5, 5.41) is 12.3. The van der Waals surface area contributed by atoms with Gasteiger partial charge in [0.1, 0.15) is 5.78 Å². The van der Waals surface area contributed by atoms with Crippen LogP contribution in [0.2, 0.25) is 18.1 Å². The first kappa shape index (κ1) is 31.2. The molecule has 4 saturated carbocycles. The molecular weight excluding hydrogens is 504 g/mol. The molecule has 11 atom stereocenters. The standard InChI is InChI=1S/C33H58O5Si/c1-9-23-26-19-22(34)17-18-32(26,6)30-27(38-39(10-2,11-3)12-4)20-33(7)24(21(5)13-16-28(35)37-8)14-15-25(33)29(30)31(23)36/h21,23-27,29-31,36H,9-20H2,1-8H3/t21-,23+,24-,25?,26?,27?,29?,30?,31-,32+,33-/m1/s1. The van der Waals surface area contributed by atoms with Gasteiger partial charge in [-0.15, -0.1) is 0 Å². The number of methoxy groups -OCH3 is 1. The Balaban J connectivity index is 1.77. The first-order valence-corrected chi connectivity index (χ1v) is 18.9. The van der Waals surface area contributed by atoms with Crippen molar-refractivity contribution >= 4 is 20.1 Å². The van der Waals surface area contributed by atoms with E-state index in [0.29, 0.717) is 48.7 Å². The van der Waals surface area contributed by atoms with Gasteiger partial charge in [-0.05, 0) is 102 Å². The van der Waals surface area contributed by atoms with Crippen molar-refractivity contribution in [2.45, 2.75) is 137 Å². The van der Waals surface area contributed by atoms with Crippen LogP contribution in [0.15, 0.2) is 0 Å². The summed E-state index contributed by atoms with van der Waals surface area (Å²) in [6.07, 6.45) is 7.69. The Morgan fingerprint density at radius 2 is 1.74 bits per heavy atom. The van der Waals surface area contributed by atoms with Crippen molar-refractivity contribution in [2.75, 3.05) is 7.11 Å². The Hall–Kier alpha value is -0.723. The van der Waals surface area contributed by atoms with Crippen LogP contribution < -0.4 is 0 Å². The summed E-state index contributed by atoms with van der Waals surface area (Å²) in [6, 6.07) is 3.39. The highest BCUT2D eigenvalue weighted by Crippen LogP contribution is 2.70. The number of hydrogen-bond donors (Lipinski definition) is 1. The van der Waals surface area contributed by atoms with Gasteiger partial charge in [-0.25, -0.2) is 0 Å². The number of fused-ring (bicyclic) bond motifs is 5. The van der Waals surface area contributed by atoms with Crippen molar-refractivity contribution in [2.24, 2.45) is 52.3 Å². The maximum absolute atomic E-state index is 12.8. The molecule has 1 N–H and O–H groups in total. The van der Waals surface area contributed by atoms with Crippen LogP contribution in [0.4, 0.5) is 0 Å². The van der Waals surface area contributed by atoms with E-state index in [-0.39, 0.29) is 46.8 Å². The Kier molecular flexibility index (Phi) is 9.50. The number of ether oxygens (including phenoxy) is 1. The van der Waals surface area contributed by atoms with Gasteiger partial charge in [-0.1, -0.05) is 54.9 Å². The highest BCUT2D eigenvalue weighted by molar-refractivity contribution is 6.73. The molecule has 0 spiro atoms. The lowest BCUT2D eigenvalue weighted by atomic mass is 9.41. The molecule has 4 rings (SSSR count). The van der Waals surface area contributed by atoms with E-state index >= 15 is 0 Å². The van der Waals surface area contributed by atoms with Gasteiger partial charge in [-0.2, -0.15) is 0 Å². The van der Waals surface area contributed by atoms with Gasteiger partial charge < -0.3 is 14.3 Å². The van der Waals surface area contributed by atoms with Crippen LogP contribution in [0.1, 0.15) is 106 Å². The highest BCUT2D eigenvalue weighted by Gasteiger charge is 2.68. The summed E-state index contributed by atoms with van der Waals surface area (Å²) >= 11 is 0. The quantitative estimate of drug-likeness (QED) is 0.222. The fraction of sp³-hybridized carbons (Fsp3) is 0.939. The van der Waals surface area contributed by atoms with Crippen LogP contribution in [-0.4, -0.2) is 44.5 Å². The average molecular weight is 563 g/mol. The molecule has 4 fully saturated rings.